The Labute approximate surface area is 158 Å². The molecule has 26 heavy (non-hydrogen) atoms. The molecule has 0 spiro atoms. The molecule has 1 amide bonds. The quantitative estimate of drug-likeness (QED) is 0.672. The lowest BCUT2D eigenvalue weighted by molar-refractivity contribution is 0.0912. The van der Waals surface area contributed by atoms with Gasteiger partial charge in [-0.05, 0) is 52.2 Å². The van der Waals surface area contributed by atoms with E-state index in [1.807, 2.05) is 19.9 Å². The molecule has 0 fully saturated rings. The number of amides is 1. The first-order chi connectivity index (χ1) is 12.5. The summed E-state index contributed by atoms with van der Waals surface area (Å²) in [5, 5.41) is 6.79. The lowest BCUT2D eigenvalue weighted by Gasteiger charge is -2.19. The summed E-state index contributed by atoms with van der Waals surface area (Å²) in [5.41, 5.74) is 0.909. The number of hydrogen-bond acceptors (Lipinski definition) is 5. The molecule has 2 aromatic heterocycles. The van der Waals surface area contributed by atoms with Crippen LogP contribution in [-0.2, 0) is 0 Å². The van der Waals surface area contributed by atoms with Crippen LogP contribution < -0.4 is 5.32 Å². The molecular formula is C18H16BrFN4O2. The molecule has 3 rings (SSSR count). The Hall–Kier alpha value is -2.61. The van der Waals surface area contributed by atoms with Crippen LogP contribution in [0, 0.1) is 11.7 Å². The zero-order valence-electron chi connectivity index (χ0n) is 14.1. The first-order valence-corrected chi connectivity index (χ1v) is 8.75. The number of carbonyl (C=O) groups excluding carboxylic acids is 1. The number of nitrogens with zero attached hydrogens (tertiary/aromatic N) is 3. The van der Waals surface area contributed by atoms with E-state index >= 15 is 0 Å². The number of benzene rings is 1. The van der Waals surface area contributed by atoms with Gasteiger partial charge in [0.15, 0.2) is 0 Å². The van der Waals surface area contributed by atoms with Crippen molar-refractivity contribution in [3.63, 3.8) is 0 Å². The third-order valence-corrected chi connectivity index (χ3v) is 4.45. The standard InChI is InChI=1S/C18H16BrFN4O2/c1-10(2)15(22-17(25)13-8-12(20)5-6-14(13)19)18-23-16(24-26-18)11-4-3-7-21-9-11/h3-10,15H,1-2H3,(H,22,25). The molecule has 0 aliphatic carbocycles. The van der Waals surface area contributed by atoms with Crippen molar-refractivity contribution in [1.29, 1.82) is 0 Å². The van der Waals surface area contributed by atoms with Crippen LogP contribution in [0.3, 0.4) is 0 Å². The molecule has 3 aromatic rings. The van der Waals surface area contributed by atoms with Crippen molar-refractivity contribution in [1.82, 2.24) is 20.4 Å². The van der Waals surface area contributed by atoms with Gasteiger partial charge >= 0.3 is 0 Å². The van der Waals surface area contributed by atoms with E-state index in [2.05, 4.69) is 36.4 Å². The highest BCUT2D eigenvalue weighted by Gasteiger charge is 2.26. The first-order valence-electron chi connectivity index (χ1n) is 7.95. The third-order valence-electron chi connectivity index (χ3n) is 3.75. The highest BCUT2D eigenvalue weighted by molar-refractivity contribution is 9.10. The number of halogens is 2. The minimum Gasteiger partial charge on any atom is -0.340 e. The second-order valence-electron chi connectivity index (χ2n) is 6.02. The second kappa shape index (κ2) is 7.74. The smallest absolute Gasteiger partial charge is 0.253 e. The van der Waals surface area contributed by atoms with Crippen molar-refractivity contribution >= 4 is 21.8 Å². The molecule has 0 aliphatic heterocycles. The molecule has 1 N–H and O–H groups in total. The maximum atomic E-state index is 13.5. The second-order valence-corrected chi connectivity index (χ2v) is 6.87. The monoisotopic (exact) mass is 418 g/mol. The van der Waals surface area contributed by atoms with Gasteiger partial charge < -0.3 is 9.84 Å². The number of pyridine rings is 1. The van der Waals surface area contributed by atoms with Crippen molar-refractivity contribution in [2.75, 3.05) is 0 Å². The number of aromatic nitrogens is 3. The van der Waals surface area contributed by atoms with Crippen molar-refractivity contribution in [2.24, 2.45) is 5.92 Å². The van der Waals surface area contributed by atoms with E-state index < -0.39 is 17.8 Å². The summed E-state index contributed by atoms with van der Waals surface area (Å²) in [7, 11) is 0. The molecule has 0 saturated carbocycles. The highest BCUT2D eigenvalue weighted by Crippen LogP contribution is 2.25. The van der Waals surface area contributed by atoms with Crippen LogP contribution in [-0.4, -0.2) is 21.0 Å². The Morgan fingerprint density at radius 3 is 2.81 bits per heavy atom. The van der Waals surface area contributed by atoms with Crippen LogP contribution in [0.5, 0.6) is 0 Å². The molecule has 134 valence electrons. The summed E-state index contributed by atoms with van der Waals surface area (Å²) in [5.74, 6) is -0.277. The van der Waals surface area contributed by atoms with Crippen LogP contribution in [0.1, 0.15) is 36.1 Å². The van der Waals surface area contributed by atoms with Gasteiger partial charge in [-0.3, -0.25) is 9.78 Å². The van der Waals surface area contributed by atoms with Gasteiger partial charge in [-0.2, -0.15) is 4.98 Å². The van der Waals surface area contributed by atoms with E-state index in [0.717, 1.165) is 0 Å². The van der Waals surface area contributed by atoms with Crippen LogP contribution in [0.2, 0.25) is 0 Å². The maximum absolute atomic E-state index is 13.5. The SMILES string of the molecule is CC(C)C(NC(=O)c1cc(F)ccc1Br)c1nc(-c2cccnc2)no1. The van der Waals surface area contributed by atoms with E-state index in [0.29, 0.717) is 15.9 Å². The Bertz CT molecular complexity index is 915. The Morgan fingerprint density at radius 2 is 2.12 bits per heavy atom. The van der Waals surface area contributed by atoms with Crippen LogP contribution in [0.4, 0.5) is 4.39 Å². The summed E-state index contributed by atoms with van der Waals surface area (Å²) >= 11 is 3.26. The molecule has 1 unspecified atom stereocenters. The van der Waals surface area contributed by atoms with Crippen molar-refractivity contribution in [2.45, 2.75) is 19.9 Å². The van der Waals surface area contributed by atoms with Crippen LogP contribution in [0.25, 0.3) is 11.4 Å². The summed E-state index contributed by atoms with van der Waals surface area (Å²) in [6.07, 6.45) is 3.28. The summed E-state index contributed by atoms with van der Waals surface area (Å²) in [6.45, 7) is 3.83. The van der Waals surface area contributed by atoms with Gasteiger partial charge in [-0.1, -0.05) is 19.0 Å². The van der Waals surface area contributed by atoms with E-state index in [1.165, 1.54) is 18.2 Å². The summed E-state index contributed by atoms with van der Waals surface area (Å²) < 4.78 is 19.3. The Morgan fingerprint density at radius 1 is 1.31 bits per heavy atom. The molecule has 1 aromatic carbocycles. The van der Waals surface area contributed by atoms with Crippen molar-refractivity contribution in [3.05, 3.63) is 64.5 Å². The van der Waals surface area contributed by atoms with Gasteiger partial charge in [0, 0.05) is 22.4 Å². The average Bonchev–Trinajstić information content (AvgIpc) is 3.11. The normalized spacial score (nSPS) is 12.2. The zero-order chi connectivity index (χ0) is 18.7. The molecule has 0 radical (unpaired) electrons. The predicted molar refractivity (Wildman–Crippen MR) is 96.7 cm³/mol. The number of rotatable bonds is 5. The largest absolute Gasteiger partial charge is 0.340 e. The Balaban J connectivity index is 1.85. The van der Waals surface area contributed by atoms with Crippen LogP contribution >= 0.6 is 15.9 Å². The van der Waals surface area contributed by atoms with E-state index in [1.54, 1.807) is 18.5 Å². The van der Waals surface area contributed by atoms with E-state index in [4.69, 9.17) is 4.52 Å². The van der Waals surface area contributed by atoms with Crippen molar-refractivity contribution < 1.29 is 13.7 Å². The Kier molecular flexibility index (Phi) is 5.41. The highest BCUT2D eigenvalue weighted by atomic mass is 79.9. The molecule has 2 heterocycles. The molecule has 8 heteroatoms. The van der Waals surface area contributed by atoms with Gasteiger partial charge in [0.05, 0.1) is 5.56 Å². The molecular weight excluding hydrogens is 403 g/mol. The van der Waals surface area contributed by atoms with Gasteiger partial charge in [0.2, 0.25) is 11.7 Å². The average molecular weight is 419 g/mol. The topological polar surface area (TPSA) is 80.9 Å². The fourth-order valence-corrected chi connectivity index (χ4v) is 2.80. The van der Waals surface area contributed by atoms with Gasteiger partial charge in [0.1, 0.15) is 11.9 Å². The fraction of sp³-hybridized carbons (Fsp3) is 0.222. The van der Waals surface area contributed by atoms with Crippen LogP contribution in [0.15, 0.2) is 51.7 Å². The number of hydrogen-bond donors (Lipinski definition) is 1. The summed E-state index contributed by atoms with van der Waals surface area (Å²) in [4.78, 5) is 21.0. The van der Waals surface area contributed by atoms with E-state index in [-0.39, 0.29) is 17.4 Å². The fourth-order valence-electron chi connectivity index (χ4n) is 2.38. The first kappa shape index (κ1) is 18.2. The molecule has 0 bridgehead atoms. The minimum absolute atomic E-state index is 0.0199. The number of nitrogens with one attached hydrogen (secondary N) is 1. The van der Waals surface area contributed by atoms with Gasteiger partial charge in [-0.25, -0.2) is 4.39 Å². The zero-order valence-corrected chi connectivity index (χ0v) is 15.7. The van der Waals surface area contributed by atoms with Gasteiger partial charge in [0.25, 0.3) is 5.91 Å². The lowest BCUT2D eigenvalue weighted by Crippen LogP contribution is -2.32. The van der Waals surface area contributed by atoms with Crippen molar-refractivity contribution in [3.8, 4) is 11.4 Å². The molecule has 0 saturated heterocycles. The minimum atomic E-state index is -0.518. The molecule has 1 atom stereocenters. The third kappa shape index (κ3) is 3.96. The predicted octanol–water partition coefficient (Wildman–Crippen LogP) is 4.16. The molecule has 0 aliphatic rings. The van der Waals surface area contributed by atoms with E-state index in [9.17, 15) is 9.18 Å². The molecule has 6 nitrogen and oxygen atoms in total. The summed E-state index contributed by atoms with van der Waals surface area (Å²) in [6, 6.07) is 7.01. The maximum Gasteiger partial charge on any atom is 0.253 e. The van der Waals surface area contributed by atoms with Gasteiger partial charge in [-0.15, -0.1) is 0 Å². The lowest BCUT2D eigenvalue weighted by atomic mass is 10.0. The number of carbonyl (C=O) groups is 1.